The number of para-hydroxylation sites is 4. The van der Waals surface area contributed by atoms with Gasteiger partial charge in [0.15, 0.2) is 5.58 Å². The van der Waals surface area contributed by atoms with Crippen LogP contribution in [-0.4, -0.2) is 58.1 Å². The van der Waals surface area contributed by atoms with Crippen molar-refractivity contribution in [2.24, 2.45) is 0 Å². The fraction of sp³-hybridized carbons (Fsp3) is 0. The molecule has 0 aliphatic carbocycles. The first-order chi connectivity index (χ1) is 65.4. The van der Waals surface area contributed by atoms with Gasteiger partial charge in [0.05, 0.1) is 96.0 Å². The molecule has 0 fully saturated rings. The normalized spacial score (nSPS) is 12.7. The van der Waals surface area contributed by atoms with Gasteiger partial charge in [-0.25, -0.2) is 39.9 Å². The zero-order valence-electron chi connectivity index (χ0n) is 69.3. The van der Waals surface area contributed by atoms with Gasteiger partial charge in [-0.15, -0.1) is 11.3 Å². The molecule has 0 radical (unpaired) electrons. The van der Waals surface area contributed by atoms with E-state index in [1.54, 1.807) is 70.9 Å². The standard InChI is InChI=1S/3C28H15N3OS.C28H15N3S2/c1-3-9-21-17(6-1)19-15-23-16(12-13-32-23)14-22(19)31(21)28-29-20-8-5-11-25-26(20)27(30-28)18-7-2-4-10-24(18)33-25;1-3-9-21-17(6-1)18-13-12-16-14-15-31(26(16)27(18)32-21)28-29-20-8-5-11-23-24(20)25(30-28)19-7-2-4-10-22(19)33-23;1-3-9-20-16(6-1)25-17-14-15-32-22(17)13-12-21(25)31(20)28-29-19-8-5-11-24-26(19)27(30-28)18-7-2-4-10-23(18)33-24;1-3-9-21-17(6-1)19-14-16-12-13-32-25(16)15-22(19)31(21)28-29-20-8-5-11-24-26(20)27(30-28)18-7-2-4-10-23(18)33-24/h4*1-15H. The molecule has 12 aromatic heterocycles. The lowest BCUT2D eigenvalue weighted by Crippen LogP contribution is -2.05. The van der Waals surface area contributed by atoms with Crippen LogP contribution in [0.2, 0.25) is 0 Å². The first kappa shape index (κ1) is 74.0. The lowest BCUT2D eigenvalue weighted by molar-refractivity contribution is 0.616. The van der Waals surface area contributed by atoms with Crippen LogP contribution in [0.25, 0.3) is 243 Å². The van der Waals surface area contributed by atoms with Crippen molar-refractivity contribution in [2.45, 2.75) is 39.2 Å². The summed E-state index contributed by atoms with van der Waals surface area (Å²) in [5, 5.41) is 20.5. The molecule has 20 heteroatoms. The van der Waals surface area contributed by atoms with E-state index in [1.807, 2.05) is 42.6 Å². The van der Waals surface area contributed by atoms with Crippen LogP contribution in [0.1, 0.15) is 0 Å². The highest BCUT2D eigenvalue weighted by Crippen LogP contribution is 2.53. The Labute approximate surface area is 769 Å². The number of aromatic nitrogens is 12. The highest BCUT2D eigenvalue weighted by Gasteiger charge is 2.31. The molecule has 15 nitrogen and oxygen atoms in total. The average molecular weight is 1780 g/mol. The smallest absolute Gasteiger partial charge is 0.235 e. The van der Waals surface area contributed by atoms with Crippen LogP contribution < -0.4 is 0 Å². The maximum atomic E-state index is 6.34. The number of fused-ring (bicyclic) bond motifs is 26. The van der Waals surface area contributed by atoms with Gasteiger partial charge in [0.1, 0.15) is 16.7 Å². The second-order valence-corrected chi connectivity index (χ2v) is 38.4. The summed E-state index contributed by atoms with van der Waals surface area (Å²) in [6, 6.07) is 119. The molecule has 0 atom stereocenters. The first-order valence-corrected chi connectivity index (χ1v) is 47.5. The minimum atomic E-state index is 0.652. The van der Waals surface area contributed by atoms with Crippen molar-refractivity contribution in [3.63, 3.8) is 0 Å². The van der Waals surface area contributed by atoms with Crippen LogP contribution in [0.4, 0.5) is 0 Å². The van der Waals surface area contributed by atoms with Crippen LogP contribution in [0.5, 0.6) is 0 Å². The molecule has 4 aliphatic heterocycles. The Balaban J connectivity index is 0.0000000862. The molecule has 616 valence electrons. The summed E-state index contributed by atoms with van der Waals surface area (Å²) in [5.74, 6) is 2.74. The molecule has 132 heavy (non-hydrogen) atoms. The van der Waals surface area contributed by atoms with Crippen molar-refractivity contribution >= 4 is 232 Å². The molecular weight excluding hydrogens is 1720 g/mol. The van der Waals surface area contributed by atoms with E-state index in [2.05, 4.69) is 327 Å². The molecule has 16 heterocycles. The Morgan fingerprint density at radius 2 is 0.682 bits per heavy atom. The maximum absolute atomic E-state index is 6.34. The highest BCUT2D eigenvalue weighted by atomic mass is 32.2. The van der Waals surface area contributed by atoms with Gasteiger partial charge in [-0.1, -0.05) is 223 Å². The molecule has 28 aromatic rings. The third kappa shape index (κ3) is 11.2. The summed E-state index contributed by atoms with van der Waals surface area (Å²) in [5.41, 5.74) is 23.6. The molecule has 32 rings (SSSR count). The second kappa shape index (κ2) is 28.8. The molecule has 0 unspecified atom stereocenters. The number of hydrogen-bond acceptors (Lipinski definition) is 16. The van der Waals surface area contributed by atoms with E-state index in [1.165, 1.54) is 76.4 Å². The van der Waals surface area contributed by atoms with Gasteiger partial charge in [0, 0.05) is 153 Å². The van der Waals surface area contributed by atoms with Crippen LogP contribution in [0.3, 0.4) is 0 Å². The number of furan rings is 3. The third-order valence-corrected chi connectivity index (χ3v) is 31.3. The van der Waals surface area contributed by atoms with Crippen molar-refractivity contribution in [3.8, 4) is 68.8 Å². The zero-order valence-corrected chi connectivity index (χ0v) is 73.4. The SMILES string of the molecule is c1ccc2c(c1)Sc1cccc3nc(-n4c5ccccc5c5c6ccoc6ccc54)nc-2c13.c1ccc2c(c1)Sc1cccc3nc(-n4c5ccccc5c5cc6ccsc6cc54)nc-2c13.c1ccc2c(c1)Sc1cccc3nc(-n4c5ccccc5c5cc6occc6cc54)nc-2c13.c1ccc2c(c1)Sc1cccc3nc(-n4ccc5ccc6c7ccccc7oc6c54)nc-2c13. The minimum Gasteiger partial charge on any atom is -0.464 e. The maximum Gasteiger partial charge on any atom is 0.235 e. The number of rotatable bonds is 4. The molecule has 0 bridgehead atoms. The van der Waals surface area contributed by atoms with E-state index >= 15 is 0 Å². The summed E-state index contributed by atoms with van der Waals surface area (Å²) in [4.78, 5) is 50.7. The Morgan fingerprint density at radius 3 is 1.23 bits per heavy atom. The summed E-state index contributed by atoms with van der Waals surface area (Å²) >= 11 is 8.93. The van der Waals surface area contributed by atoms with E-state index < -0.39 is 0 Å². The second-order valence-electron chi connectivity index (χ2n) is 33.2. The van der Waals surface area contributed by atoms with E-state index in [4.69, 9.17) is 53.1 Å². The predicted octanol–water partition coefficient (Wildman–Crippen LogP) is 30.9. The molecule has 0 N–H and O–H groups in total. The fourth-order valence-corrected chi connectivity index (χ4v) is 25.4. The van der Waals surface area contributed by atoms with Crippen molar-refractivity contribution in [1.82, 2.24) is 58.1 Å². The summed E-state index contributed by atoms with van der Waals surface area (Å²) < 4.78 is 27.7. The van der Waals surface area contributed by atoms with Gasteiger partial charge in [-0.3, -0.25) is 18.3 Å². The van der Waals surface area contributed by atoms with Crippen LogP contribution >= 0.6 is 58.4 Å². The molecule has 0 saturated heterocycles. The van der Waals surface area contributed by atoms with Crippen molar-refractivity contribution in [1.29, 1.82) is 0 Å². The molecule has 4 aliphatic rings. The minimum absolute atomic E-state index is 0.652. The summed E-state index contributed by atoms with van der Waals surface area (Å²) in [7, 11) is 0. The lowest BCUT2D eigenvalue weighted by atomic mass is 10.1. The average Bonchev–Trinajstić information content (AvgIpc) is 1.48. The first-order valence-electron chi connectivity index (χ1n) is 43.4. The fourth-order valence-electron chi connectivity index (χ4n) is 20.1. The molecule has 16 aromatic carbocycles. The summed E-state index contributed by atoms with van der Waals surface area (Å²) in [6.45, 7) is 0. The van der Waals surface area contributed by atoms with Crippen LogP contribution in [0, 0.1) is 0 Å². The number of hydrogen-bond donors (Lipinski definition) is 0. The van der Waals surface area contributed by atoms with E-state index in [0.29, 0.717) is 17.8 Å². The van der Waals surface area contributed by atoms with Crippen molar-refractivity contribution in [2.75, 3.05) is 0 Å². The topological polar surface area (TPSA) is 162 Å². The van der Waals surface area contributed by atoms with Gasteiger partial charge in [0.25, 0.3) is 0 Å². The zero-order chi connectivity index (χ0) is 86.1. The predicted molar refractivity (Wildman–Crippen MR) is 538 cm³/mol. The molecular formula is C112H60N12O3S5. The van der Waals surface area contributed by atoms with Crippen molar-refractivity contribution in [3.05, 3.63) is 364 Å². The van der Waals surface area contributed by atoms with Crippen molar-refractivity contribution < 1.29 is 13.3 Å². The molecule has 0 amide bonds. The van der Waals surface area contributed by atoms with Gasteiger partial charge in [-0.05, 0) is 175 Å². The number of thiophene rings is 1. The van der Waals surface area contributed by atoms with Crippen LogP contribution in [-0.2, 0) is 0 Å². The van der Waals surface area contributed by atoms with E-state index in [0.717, 1.165) is 188 Å². The lowest BCUT2D eigenvalue weighted by Gasteiger charge is -2.20. The van der Waals surface area contributed by atoms with Gasteiger partial charge < -0.3 is 13.3 Å². The van der Waals surface area contributed by atoms with E-state index in [9.17, 15) is 0 Å². The Hall–Kier alpha value is -15.9. The van der Waals surface area contributed by atoms with Gasteiger partial charge >= 0.3 is 0 Å². The van der Waals surface area contributed by atoms with E-state index in [-0.39, 0.29) is 0 Å². The van der Waals surface area contributed by atoms with Crippen LogP contribution in [0.15, 0.2) is 416 Å². The Morgan fingerprint density at radius 1 is 0.242 bits per heavy atom. The largest absolute Gasteiger partial charge is 0.464 e. The van der Waals surface area contributed by atoms with Gasteiger partial charge in [-0.2, -0.15) is 0 Å². The monoisotopic (exact) mass is 1780 g/mol. The molecule has 0 saturated carbocycles. The molecule has 0 spiro atoms. The number of nitrogens with zero attached hydrogens (tertiary/aromatic N) is 12. The van der Waals surface area contributed by atoms with Gasteiger partial charge in [0.2, 0.25) is 23.8 Å². The Bertz CT molecular complexity index is 9430. The Kier molecular flexibility index (Phi) is 16.1. The summed E-state index contributed by atoms with van der Waals surface area (Å²) in [6.07, 6.45) is 5.53. The highest BCUT2D eigenvalue weighted by molar-refractivity contribution is 8.00. The number of benzene rings is 16. The quantitative estimate of drug-likeness (QED) is 0.163. The third-order valence-electron chi connectivity index (χ3n) is 25.9.